The molecule has 2 heterocycles. The van der Waals surface area contributed by atoms with Gasteiger partial charge in [-0.15, -0.1) is 11.3 Å². The van der Waals surface area contributed by atoms with E-state index < -0.39 is 0 Å². The van der Waals surface area contributed by atoms with Crippen molar-refractivity contribution in [2.24, 2.45) is 0 Å². The predicted octanol–water partition coefficient (Wildman–Crippen LogP) is 2.61. The highest BCUT2D eigenvalue weighted by Crippen LogP contribution is 2.24. The molecule has 6 nitrogen and oxygen atoms in total. The van der Waals surface area contributed by atoms with Gasteiger partial charge in [0.15, 0.2) is 0 Å². The zero-order valence-electron chi connectivity index (χ0n) is 15.4. The Kier molecular flexibility index (Phi) is 5.68. The molecule has 0 radical (unpaired) electrons. The summed E-state index contributed by atoms with van der Waals surface area (Å²) in [5.41, 5.74) is 2.64. The fourth-order valence-electron chi connectivity index (χ4n) is 3.23. The van der Waals surface area contributed by atoms with Gasteiger partial charge in [0.2, 0.25) is 11.8 Å². The van der Waals surface area contributed by atoms with E-state index in [1.54, 1.807) is 30.3 Å². The number of benzene rings is 1. The van der Waals surface area contributed by atoms with E-state index in [4.69, 9.17) is 0 Å². The Hall–Kier alpha value is -2.25. The average Bonchev–Trinajstić information content (AvgIpc) is 3.23. The molecule has 2 amide bonds. The van der Waals surface area contributed by atoms with E-state index >= 15 is 0 Å². The lowest BCUT2D eigenvalue weighted by Crippen LogP contribution is -2.45. The number of carbonyl (C=O) groups excluding carboxylic acids is 2. The van der Waals surface area contributed by atoms with Crippen LogP contribution >= 0.6 is 11.3 Å². The molecule has 1 N–H and O–H groups in total. The van der Waals surface area contributed by atoms with Crippen molar-refractivity contribution < 1.29 is 9.59 Å². The number of hydrogen-bond donors (Lipinski definition) is 1. The third kappa shape index (κ3) is 4.28. The van der Waals surface area contributed by atoms with Crippen LogP contribution < -0.4 is 5.32 Å². The number of anilines is 1. The number of thiazole rings is 1. The van der Waals surface area contributed by atoms with Crippen LogP contribution in [0.4, 0.5) is 5.69 Å². The number of likely N-dealkylation sites (N-methyl/N-ethyl adjacent to an activating group) is 1. The van der Waals surface area contributed by atoms with Crippen molar-refractivity contribution in [2.45, 2.75) is 25.8 Å². The number of rotatable bonds is 5. The average molecular weight is 372 g/mol. The van der Waals surface area contributed by atoms with Crippen molar-refractivity contribution in [1.29, 1.82) is 0 Å². The molecule has 0 bridgehead atoms. The molecular formula is C19H24N4O2S. The molecule has 0 unspecified atom stereocenters. The Morgan fingerprint density at radius 2 is 2.19 bits per heavy atom. The summed E-state index contributed by atoms with van der Waals surface area (Å²) in [6.45, 7) is 2.97. The fourth-order valence-corrected chi connectivity index (χ4v) is 3.85. The zero-order valence-corrected chi connectivity index (χ0v) is 16.2. The maximum absolute atomic E-state index is 12.5. The van der Waals surface area contributed by atoms with Crippen molar-refractivity contribution in [3.8, 4) is 11.3 Å². The highest BCUT2D eigenvalue weighted by molar-refractivity contribution is 7.09. The smallest absolute Gasteiger partial charge is 0.239 e. The van der Waals surface area contributed by atoms with Crippen LogP contribution in [0.5, 0.6) is 0 Å². The van der Waals surface area contributed by atoms with Gasteiger partial charge in [0.1, 0.15) is 0 Å². The molecule has 1 fully saturated rings. The van der Waals surface area contributed by atoms with Gasteiger partial charge in [-0.1, -0.05) is 12.1 Å². The quantitative estimate of drug-likeness (QED) is 0.876. The van der Waals surface area contributed by atoms with Crippen LogP contribution in [-0.2, 0) is 9.59 Å². The number of aromatic nitrogens is 1. The molecule has 2 aromatic rings. The van der Waals surface area contributed by atoms with Crippen molar-refractivity contribution >= 4 is 28.8 Å². The van der Waals surface area contributed by atoms with Gasteiger partial charge in [0, 0.05) is 30.7 Å². The lowest BCUT2D eigenvalue weighted by Gasteiger charge is -2.25. The van der Waals surface area contributed by atoms with Gasteiger partial charge in [-0.2, -0.15) is 0 Å². The molecule has 1 aromatic heterocycles. The molecule has 1 aliphatic heterocycles. The summed E-state index contributed by atoms with van der Waals surface area (Å²) < 4.78 is 0. The molecule has 0 spiro atoms. The monoisotopic (exact) mass is 372 g/mol. The van der Waals surface area contributed by atoms with Gasteiger partial charge >= 0.3 is 0 Å². The number of nitrogens with zero attached hydrogens (tertiary/aromatic N) is 3. The molecule has 138 valence electrons. The Labute approximate surface area is 157 Å². The van der Waals surface area contributed by atoms with Crippen LogP contribution in [0, 0.1) is 6.92 Å². The number of carbonyl (C=O) groups is 2. The topological polar surface area (TPSA) is 65.5 Å². The Bertz CT molecular complexity index is 802. The first-order valence-electron chi connectivity index (χ1n) is 8.71. The lowest BCUT2D eigenvalue weighted by molar-refractivity contribution is -0.133. The molecule has 26 heavy (non-hydrogen) atoms. The Balaban J connectivity index is 1.64. The summed E-state index contributed by atoms with van der Waals surface area (Å²) in [7, 11) is 3.51. The predicted molar refractivity (Wildman–Crippen MR) is 104 cm³/mol. The minimum Gasteiger partial charge on any atom is -0.347 e. The molecule has 1 atom stereocenters. The van der Waals surface area contributed by atoms with Crippen molar-refractivity contribution in [2.75, 3.05) is 32.5 Å². The van der Waals surface area contributed by atoms with E-state index in [9.17, 15) is 9.59 Å². The van der Waals surface area contributed by atoms with Crippen molar-refractivity contribution in [3.63, 3.8) is 0 Å². The minimum atomic E-state index is -0.194. The van der Waals surface area contributed by atoms with Gasteiger partial charge in [0.25, 0.3) is 0 Å². The van der Waals surface area contributed by atoms with Gasteiger partial charge < -0.3 is 10.2 Å². The first-order chi connectivity index (χ1) is 12.4. The summed E-state index contributed by atoms with van der Waals surface area (Å²) in [5.74, 6) is -0.0359. The Morgan fingerprint density at radius 1 is 1.38 bits per heavy atom. The van der Waals surface area contributed by atoms with Crippen molar-refractivity contribution in [1.82, 2.24) is 14.8 Å². The molecule has 1 aliphatic rings. The van der Waals surface area contributed by atoms with E-state index in [0.717, 1.165) is 41.3 Å². The molecule has 1 aromatic carbocycles. The maximum Gasteiger partial charge on any atom is 0.239 e. The second kappa shape index (κ2) is 7.97. The Morgan fingerprint density at radius 3 is 2.88 bits per heavy atom. The first kappa shape index (κ1) is 18.5. The summed E-state index contributed by atoms with van der Waals surface area (Å²) in [4.78, 5) is 32.8. The van der Waals surface area contributed by atoms with Gasteiger partial charge in [0.05, 0.1) is 23.3 Å². The van der Waals surface area contributed by atoms with Crippen LogP contribution in [0.3, 0.4) is 0 Å². The zero-order chi connectivity index (χ0) is 18.7. The maximum atomic E-state index is 12.5. The minimum absolute atomic E-state index is 0.0659. The van der Waals surface area contributed by atoms with Gasteiger partial charge in [-0.05, 0) is 38.4 Å². The summed E-state index contributed by atoms with van der Waals surface area (Å²) in [6.07, 6.45) is 1.75. The summed E-state index contributed by atoms with van der Waals surface area (Å²) in [6, 6.07) is 7.50. The van der Waals surface area contributed by atoms with Crippen molar-refractivity contribution in [3.05, 3.63) is 34.7 Å². The fraction of sp³-hybridized carbons (Fsp3) is 0.421. The highest BCUT2D eigenvalue weighted by Gasteiger charge is 2.32. The molecule has 0 saturated carbocycles. The summed E-state index contributed by atoms with van der Waals surface area (Å²) >= 11 is 1.60. The van der Waals surface area contributed by atoms with E-state index in [2.05, 4.69) is 10.3 Å². The van der Waals surface area contributed by atoms with Crippen LogP contribution in [-0.4, -0.2) is 59.8 Å². The van der Waals surface area contributed by atoms with E-state index in [1.807, 2.05) is 41.5 Å². The normalized spacial score (nSPS) is 17.3. The van der Waals surface area contributed by atoms with Gasteiger partial charge in [-0.3, -0.25) is 14.5 Å². The third-order valence-corrected chi connectivity index (χ3v) is 5.27. The van der Waals surface area contributed by atoms with E-state index in [-0.39, 0.29) is 24.4 Å². The lowest BCUT2D eigenvalue weighted by atomic mass is 10.1. The number of likely N-dealkylation sites (tertiary alicyclic amines) is 1. The number of nitrogens with one attached hydrogen (secondary N) is 1. The number of hydrogen-bond acceptors (Lipinski definition) is 5. The van der Waals surface area contributed by atoms with Crippen LogP contribution in [0.15, 0.2) is 29.6 Å². The SMILES string of the molecule is Cc1nc(-c2cccc(NC(=O)CN3CCC[C@@H]3C(=O)N(C)C)c2)cs1. The van der Waals surface area contributed by atoms with Gasteiger partial charge in [-0.25, -0.2) is 4.98 Å². The van der Waals surface area contributed by atoms with E-state index in [1.165, 1.54) is 0 Å². The molecule has 7 heteroatoms. The standard InChI is InChI=1S/C19H24N4O2S/c1-13-20-16(12-26-13)14-6-4-7-15(10-14)21-18(24)11-23-9-5-8-17(23)19(25)22(2)3/h4,6-7,10,12,17H,5,8-9,11H2,1-3H3,(H,21,24)/t17-/m1/s1. The number of amides is 2. The second-order valence-electron chi connectivity index (χ2n) is 6.74. The first-order valence-corrected chi connectivity index (χ1v) is 9.59. The molecule has 1 saturated heterocycles. The summed E-state index contributed by atoms with van der Waals surface area (Å²) in [5, 5.41) is 5.97. The van der Waals surface area contributed by atoms with Crippen LogP contribution in [0.25, 0.3) is 11.3 Å². The molecule has 3 rings (SSSR count). The third-order valence-electron chi connectivity index (χ3n) is 4.50. The molecule has 0 aliphatic carbocycles. The van der Waals surface area contributed by atoms with Crippen LogP contribution in [0.1, 0.15) is 17.8 Å². The largest absolute Gasteiger partial charge is 0.347 e. The molecular weight excluding hydrogens is 348 g/mol. The highest BCUT2D eigenvalue weighted by atomic mass is 32.1. The van der Waals surface area contributed by atoms with Crippen LogP contribution in [0.2, 0.25) is 0 Å². The second-order valence-corrected chi connectivity index (χ2v) is 7.80. The van der Waals surface area contributed by atoms with E-state index in [0.29, 0.717) is 0 Å². The number of aryl methyl sites for hydroxylation is 1.